The van der Waals surface area contributed by atoms with Crippen molar-refractivity contribution in [3.8, 4) is 0 Å². The molecule has 0 aliphatic carbocycles. The van der Waals surface area contributed by atoms with Gasteiger partial charge in [0.05, 0.1) is 17.7 Å². The van der Waals surface area contributed by atoms with E-state index in [1.54, 1.807) is 30.3 Å². The van der Waals surface area contributed by atoms with Gasteiger partial charge in [-0.25, -0.2) is 14.4 Å². The maximum Gasteiger partial charge on any atom is 0.253 e. The lowest BCUT2D eigenvalue weighted by Gasteiger charge is -2.38. The maximum atomic E-state index is 13.6. The average Bonchev–Trinajstić information content (AvgIpc) is 3.20. The Hall–Kier alpha value is -2.81. The lowest BCUT2D eigenvalue weighted by atomic mass is 10.1. The highest BCUT2D eigenvalue weighted by atomic mass is 35.5. The third-order valence-electron chi connectivity index (χ3n) is 6.30. The molecule has 5 rings (SSSR count). The van der Waals surface area contributed by atoms with E-state index in [-0.39, 0.29) is 17.8 Å². The number of amides is 1. The maximum absolute atomic E-state index is 13.6. The van der Waals surface area contributed by atoms with Gasteiger partial charge in [-0.3, -0.25) is 9.69 Å². The van der Waals surface area contributed by atoms with E-state index in [2.05, 4.69) is 14.9 Å². The van der Waals surface area contributed by atoms with E-state index in [1.807, 2.05) is 9.80 Å². The molecule has 2 aromatic carbocycles. The van der Waals surface area contributed by atoms with Crippen LogP contribution in [-0.4, -0.2) is 82.2 Å². The van der Waals surface area contributed by atoms with Crippen molar-refractivity contribution < 1.29 is 14.3 Å². The monoisotopic (exact) mass is 455 g/mol. The summed E-state index contributed by atoms with van der Waals surface area (Å²) in [5.41, 5.74) is 1.17. The summed E-state index contributed by atoms with van der Waals surface area (Å²) in [5, 5.41) is 12.2. The van der Waals surface area contributed by atoms with Crippen molar-refractivity contribution in [1.29, 1.82) is 0 Å². The van der Waals surface area contributed by atoms with Crippen LogP contribution in [0.1, 0.15) is 10.4 Å². The molecule has 32 heavy (non-hydrogen) atoms. The molecule has 7 nitrogen and oxygen atoms in total. The third-order valence-corrected chi connectivity index (χ3v) is 6.55. The number of halogens is 2. The van der Waals surface area contributed by atoms with E-state index in [4.69, 9.17) is 11.6 Å². The molecule has 2 aliphatic rings. The number of aliphatic hydroxyl groups is 1. The molecule has 0 radical (unpaired) electrons. The van der Waals surface area contributed by atoms with Crippen LogP contribution in [0.25, 0.3) is 10.9 Å². The molecule has 1 aromatic heterocycles. The van der Waals surface area contributed by atoms with Crippen LogP contribution in [0, 0.1) is 5.82 Å². The highest BCUT2D eigenvalue weighted by Gasteiger charge is 2.38. The van der Waals surface area contributed by atoms with E-state index < -0.39 is 6.10 Å². The molecule has 3 heterocycles. The van der Waals surface area contributed by atoms with Gasteiger partial charge in [0.25, 0.3) is 5.91 Å². The number of anilines is 1. The van der Waals surface area contributed by atoms with E-state index >= 15 is 0 Å². The van der Waals surface area contributed by atoms with Crippen LogP contribution in [0.4, 0.5) is 10.2 Å². The first kappa shape index (κ1) is 21.1. The van der Waals surface area contributed by atoms with E-state index in [0.29, 0.717) is 61.2 Å². The molecule has 2 atom stereocenters. The van der Waals surface area contributed by atoms with Gasteiger partial charge in [-0.15, -0.1) is 0 Å². The number of aromatic nitrogens is 2. The third kappa shape index (κ3) is 4.01. The number of benzene rings is 2. The minimum atomic E-state index is -0.543. The molecule has 0 bridgehead atoms. The quantitative estimate of drug-likeness (QED) is 0.654. The lowest BCUT2D eigenvalue weighted by Crippen LogP contribution is -2.54. The highest BCUT2D eigenvalue weighted by Crippen LogP contribution is 2.28. The Morgan fingerprint density at radius 1 is 1.03 bits per heavy atom. The van der Waals surface area contributed by atoms with E-state index in [9.17, 15) is 14.3 Å². The van der Waals surface area contributed by atoms with Crippen LogP contribution in [0.15, 0.2) is 48.8 Å². The molecule has 2 saturated heterocycles. The number of β-amino-alcohol motifs (C(OH)–C–C–N with tert-alkyl or cyclic N) is 1. The Morgan fingerprint density at radius 2 is 1.78 bits per heavy atom. The Labute approximate surface area is 190 Å². The number of fused-ring (bicyclic) bond motifs is 1. The predicted molar refractivity (Wildman–Crippen MR) is 120 cm³/mol. The molecule has 9 heteroatoms. The summed E-state index contributed by atoms with van der Waals surface area (Å²) in [4.78, 5) is 27.4. The Balaban J connectivity index is 1.25. The Morgan fingerprint density at radius 3 is 2.53 bits per heavy atom. The number of hydrogen-bond acceptors (Lipinski definition) is 6. The minimum Gasteiger partial charge on any atom is -0.390 e. The minimum absolute atomic E-state index is 0.00500. The zero-order chi connectivity index (χ0) is 22.2. The number of hydrogen-bond donors (Lipinski definition) is 1. The number of carbonyl (C=O) groups is 1. The van der Waals surface area contributed by atoms with Gasteiger partial charge in [-0.05, 0) is 36.4 Å². The summed E-state index contributed by atoms with van der Waals surface area (Å²) in [6.07, 6.45) is 0.886. The number of piperazine rings is 1. The molecule has 2 fully saturated rings. The summed E-state index contributed by atoms with van der Waals surface area (Å²) < 4.78 is 13.6. The molecule has 166 valence electrons. The van der Waals surface area contributed by atoms with Crippen LogP contribution in [0.2, 0.25) is 5.02 Å². The van der Waals surface area contributed by atoms with Crippen molar-refractivity contribution >= 4 is 34.2 Å². The molecule has 0 saturated carbocycles. The smallest absolute Gasteiger partial charge is 0.253 e. The summed E-state index contributed by atoms with van der Waals surface area (Å²) in [6, 6.07) is 11.3. The van der Waals surface area contributed by atoms with Crippen molar-refractivity contribution in [3.63, 3.8) is 0 Å². The first-order valence-corrected chi connectivity index (χ1v) is 11.0. The fraction of sp³-hybridized carbons (Fsp3) is 0.348. The van der Waals surface area contributed by atoms with Gasteiger partial charge >= 0.3 is 0 Å². The van der Waals surface area contributed by atoms with Crippen molar-refractivity contribution in [3.05, 3.63) is 65.2 Å². The highest BCUT2D eigenvalue weighted by molar-refractivity contribution is 6.30. The van der Waals surface area contributed by atoms with Crippen LogP contribution < -0.4 is 4.90 Å². The molecular formula is C23H23ClFN5O2. The summed E-state index contributed by atoms with van der Waals surface area (Å²) in [6.45, 7) is 3.61. The van der Waals surface area contributed by atoms with Crippen LogP contribution in [-0.2, 0) is 0 Å². The molecule has 2 unspecified atom stereocenters. The number of rotatable bonds is 3. The molecule has 1 N–H and O–H groups in total. The van der Waals surface area contributed by atoms with Gasteiger partial charge < -0.3 is 14.9 Å². The number of carbonyl (C=O) groups excluding carboxylic acids is 1. The lowest BCUT2D eigenvalue weighted by molar-refractivity contribution is 0.0376. The van der Waals surface area contributed by atoms with Gasteiger partial charge in [-0.1, -0.05) is 11.6 Å². The molecular weight excluding hydrogens is 433 g/mol. The van der Waals surface area contributed by atoms with Gasteiger partial charge in [-0.2, -0.15) is 0 Å². The number of aliphatic hydroxyl groups excluding tert-OH is 1. The Kier molecular flexibility index (Phi) is 5.67. The van der Waals surface area contributed by atoms with Gasteiger partial charge in [0.2, 0.25) is 0 Å². The van der Waals surface area contributed by atoms with Gasteiger partial charge in [0.15, 0.2) is 0 Å². The van der Waals surface area contributed by atoms with Crippen LogP contribution in [0.5, 0.6) is 0 Å². The predicted octanol–water partition coefficient (Wildman–Crippen LogP) is 2.43. The van der Waals surface area contributed by atoms with E-state index in [0.717, 1.165) is 5.39 Å². The van der Waals surface area contributed by atoms with Gasteiger partial charge in [0, 0.05) is 61.3 Å². The fourth-order valence-corrected chi connectivity index (χ4v) is 4.73. The Bertz CT molecular complexity index is 1140. The second kappa shape index (κ2) is 8.61. The van der Waals surface area contributed by atoms with E-state index in [1.165, 1.54) is 18.5 Å². The second-order valence-corrected chi connectivity index (χ2v) is 8.67. The molecule has 1 amide bonds. The number of nitrogens with zero attached hydrogens (tertiary/aromatic N) is 5. The van der Waals surface area contributed by atoms with Crippen molar-refractivity contribution in [2.45, 2.75) is 12.1 Å². The second-order valence-electron chi connectivity index (χ2n) is 8.23. The average molecular weight is 456 g/mol. The SMILES string of the molecule is O=C(c1ccc(Cl)cc1)N1CCN(C2CN(c3ncnc4cc(F)ccc34)CC2O)CC1. The summed E-state index contributed by atoms with van der Waals surface area (Å²) >= 11 is 5.92. The standard InChI is InChI=1S/C23H23ClFN5O2/c24-16-3-1-15(2-4-16)23(32)29-9-7-28(8-10-29)20-12-30(13-21(20)31)22-18-6-5-17(25)11-19(18)26-14-27-22/h1-6,11,14,20-21,31H,7-10,12-13H2. The largest absolute Gasteiger partial charge is 0.390 e. The molecule has 2 aliphatic heterocycles. The summed E-state index contributed by atoms with van der Waals surface area (Å²) in [5.74, 6) is 0.357. The normalized spacial score (nSPS) is 22.0. The first-order chi connectivity index (χ1) is 15.5. The molecule has 3 aromatic rings. The zero-order valence-corrected chi connectivity index (χ0v) is 18.1. The summed E-state index contributed by atoms with van der Waals surface area (Å²) in [7, 11) is 0. The van der Waals surface area contributed by atoms with Crippen molar-refractivity contribution in [2.24, 2.45) is 0 Å². The first-order valence-electron chi connectivity index (χ1n) is 10.6. The van der Waals surface area contributed by atoms with Crippen LogP contribution >= 0.6 is 11.6 Å². The zero-order valence-electron chi connectivity index (χ0n) is 17.4. The van der Waals surface area contributed by atoms with Crippen molar-refractivity contribution in [1.82, 2.24) is 19.8 Å². The molecule has 0 spiro atoms. The fourth-order valence-electron chi connectivity index (χ4n) is 4.60. The van der Waals surface area contributed by atoms with Crippen molar-refractivity contribution in [2.75, 3.05) is 44.2 Å². The van der Waals surface area contributed by atoms with Gasteiger partial charge in [0.1, 0.15) is 18.0 Å². The van der Waals surface area contributed by atoms with Crippen LogP contribution in [0.3, 0.4) is 0 Å². The topological polar surface area (TPSA) is 72.8 Å².